The molecular weight excluding hydrogens is 256 g/mol. The Balaban J connectivity index is 1.67. The molecular formula is C13H18N6O. The number of aryl methyl sites for hydroxylation is 1. The average Bonchev–Trinajstić information content (AvgIpc) is 2.91. The quantitative estimate of drug-likeness (QED) is 0.833. The summed E-state index contributed by atoms with van der Waals surface area (Å²) in [6, 6.07) is 1.83. The van der Waals surface area contributed by atoms with Crippen molar-refractivity contribution in [3.63, 3.8) is 0 Å². The van der Waals surface area contributed by atoms with Crippen molar-refractivity contribution in [3.8, 4) is 0 Å². The average molecular weight is 274 g/mol. The van der Waals surface area contributed by atoms with Crippen LogP contribution in [0.2, 0.25) is 0 Å². The Kier molecular flexibility index (Phi) is 3.60. The van der Waals surface area contributed by atoms with Gasteiger partial charge in [0.25, 0.3) is 11.7 Å². The number of amides is 1. The number of nitrogens with zero attached hydrogens (tertiary/aromatic N) is 4. The van der Waals surface area contributed by atoms with Gasteiger partial charge in [-0.25, -0.2) is 9.50 Å². The molecule has 2 aromatic rings. The van der Waals surface area contributed by atoms with Gasteiger partial charge < -0.3 is 10.6 Å². The zero-order chi connectivity index (χ0) is 13.9. The van der Waals surface area contributed by atoms with E-state index in [1.165, 1.54) is 0 Å². The van der Waals surface area contributed by atoms with E-state index < -0.39 is 0 Å². The van der Waals surface area contributed by atoms with Crippen molar-refractivity contribution in [1.82, 2.24) is 30.2 Å². The third-order valence-corrected chi connectivity index (χ3v) is 3.58. The molecule has 7 heteroatoms. The maximum absolute atomic E-state index is 12.1. The molecule has 0 saturated carbocycles. The first-order chi connectivity index (χ1) is 9.74. The van der Waals surface area contributed by atoms with Gasteiger partial charge in [-0.05, 0) is 44.8 Å². The van der Waals surface area contributed by atoms with Crippen molar-refractivity contribution < 1.29 is 4.79 Å². The van der Waals surface area contributed by atoms with Gasteiger partial charge in [0.15, 0.2) is 0 Å². The van der Waals surface area contributed by atoms with Crippen molar-refractivity contribution in [3.05, 3.63) is 23.8 Å². The minimum absolute atomic E-state index is 0.176. The van der Waals surface area contributed by atoms with E-state index in [1.54, 1.807) is 10.7 Å². The number of fused-ring (bicyclic) bond motifs is 1. The van der Waals surface area contributed by atoms with Crippen molar-refractivity contribution in [1.29, 1.82) is 0 Å². The van der Waals surface area contributed by atoms with E-state index in [4.69, 9.17) is 0 Å². The van der Waals surface area contributed by atoms with Crippen molar-refractivity contribution in [2.45, 2.75) is 19.8 Å². The van der Waals surface area contributed by atoms with Crippen LogP contribution in [0.4, 0.5) is 0 Å². The summed E-state index contributed by atoms with van der Waals surface area (Å²) in [5.74, 6) is 0.884. The van der Waals surface area contributed by atoms with E-state index in [0.29, 0.717) is 18.2 Å². The van der Waals surface area contributed by atoms with E-state index in [2.05, 4.69) is 25.7 Å². The van der Waals surface area contributed by atoms with Gasteiger partial charge in [0.2, 0.25) is 5.82 Å². The SMILES string of the molecule is Cc1ccnc2nc(C(=O)NCC3CCCNC3)nn12. The van der Waals surface area contributed by atoms with Gasteiger partial charge in [-0.15, -0.1) is 5.10 Å². The van der Waals surface area contributed by atoms with Crippen LogP contribution >= 0.6 is 0 Å². The summed E-state index contributed by atoms with van der Waals surface area (Å²) in [5, 5.41) is 10.4. The molecule has 0 aliphatic carbocycles. The van der Waals surface area contributed by atoms with Crippen LogP contribution in [0.5, 0.6) is 0 Å². The lowest BCUT2D eigenvalue weighted by Crippen LogP contribution is -2.38. The molecule has 0 aromatic carbocycles. The smallest absolute Gasteiger partial charge is 0.291 e. The molecule has 0 bridgehead atoms. The van der Waals surface area contributed by atoms with E-state index in [9.17, 15) is 4.79 Å². The maximum atomic E-state index is 12.1. The summed E-state index contributed by atoms with van der Waals surface area (Å²) < 4.78 is 1.58. The molecule has 1 fully saturated rings. The molecule has 106 valence electrons. The van der Waals surface area contributed by atoms with Crippen LogP contribution in [0, 0.1) is 12.8 Å². The number of rotatable bonds is 3. The molecule has 3 rings (SSSR count). The highest BCUT2D eigenvalue weighted by Gasteiger charge is 2.17. The second kappa shape index (κ2) is 5.54. The highest BCUT2D eigenvalue weighted by molar-refractivity contribution is 5.90. The van der Waals surface area contributed by atoms with Crippen molar-refractivity contribution in [2.24, 2.45) is 5.92 Å². The van der Waals surface area contributed by atoms with Crippen LogP contribution in [0.3, 0.4) is 0 Å². The minimum atomic E-state index is -0.236. The number of carbonyl (C=O) groups is 1. The van der Waals surface area contributed by atoms with Crippen LogP contribution in [0.15, 0.2) is 12.3 Å². The van der Waals surface area contributed by atoms with Gasteiger partial charge in [-0.1, -0.05) is 0 Å². The highest BCUT2D eigenvalue weighted by atomic mass is 16.2. The first-order valence-corrected chi connectivity index (χ1v) is 6.91. The Hall–Kier alpha value is -2.02. The fourth-order valence-electron chi connectivity index (χ4n) is 2.42. The van der Waals surface area contributed by atoms with Gasteiger partial charge in [0.1, 0.15) is 0 Å². The molecule has 1 amide bonds. The Bertz CT molecular complexity index is 616. The molecule has 1 saturated heterocycles. The molecule has 1 atom stereocenters. The molecule has 3 heterocycles. The third kappa shape index (κ3) is 2.62. The van der Waals surface area contributed by atoms with Crippen LogP contribution in [-0.4, -0.2) is 45.1 Å². The second-order valence-corrected chi connectivity index (χ2v) is 5.16. The second-order valence-electron chi connectivity index (χ2n) is 5.16. The van der Waals surface area contributed by atoms with Crippen LogP contribution in [-0.2, 0) is 0 Å². The summed E-state index contributed by atoms with van der Waals surface area (Å²) in [5.41, 5.74) is 0.901. The molecule has 0 spiro atoms. The van der Waals surface area contributed by atoms with Crippen LogP contribution in [0.25, 0.3) is 5.78 Å². The lowest BCUT2D eigenvalue weighted by atomic mass is 10.00. The van der Waals surface area contributed by atoms with Gasteiger partial charge in [0.05, 0.1) is 0 Å². The lowest BCUT2D eigenvalue weighted by Gasteiger charge is -2.22. The number of carbonyl (C=O) groups excluding carboxylic acids is 1. The molecule has 1 aliphatic heterocycles. The van der Waals surface area contributed by atoms with E-state index in [0.717, 1.165) is 31.6 Å². The third-order valence-electron chi connectivity index (χ3n) is 3.58. The summed E-state index contributed by atoms with van der Waals surface area (Å²) >= 11 is 0. The van der Waals surface area contributed by atoms with Gasteiger partial charge in [-0.2, -0.15) is 4.98 Å². The Morgan fingerprint density at radius 1 is 1.60 bits per heavy atom. The molecule has 1 aliphatic rings. The first-order valence-electron chi connectivity index (χ1n) is 6.91. The predicted molar refractivity (Wildman–Crippen MR) is 73.4 cm³/mol. The first kappa shape index (κ1) is 13.0. The van der Waals surface area contributed by atoms with Gasteiger partial charge in [-0.3, -0.25) is 4.79 Å². The number of hydrogen-bond donors (Lipinski definition) is 2. The van der Waals surface area contributed by atoms with E-state index in [1.807, 2.05) is 13.0 Å². The lowest BCUT2D eigenvalue weighted by molar-refractivity contribution is 0.0934. The summed E-state index contributed by atoms with van der Waals surface area (Å²) in [7, 11) is 0. The number of hydrogen-bond acceptors (Lipinski definition) is 5. The number of piperidine rings is 1. The number of aromatic nitrogens is 4. The number of nitrogens with one attached hydrogen (secondary N) is 2. The Labute approximate surface area is 116 Å². The molecule has 1 unspecified atom stereocenters. The highest BCUT2D eigenvalue weighted by Crippen LogP contribution is 2.08. The molecule has 2 aromatic heterocycles. The van der Waals surface area contributed by atoms with E-state index in [-0.39, 0.29) is 11.7 Å². The normalized spacial score (nSPS) is 19.1. The van der Waals surface area contributed by atoms with Crippen LogP contribution in [0.1, 0.15) is 29.2 Å². The molecule has 2 N–H and O–H groups in total. The fourth-order valence-corrected chi connectivity index (χ4v) is 2.42. The topological polar surface area (TPSA) is 84.2 Å². The summed E-state index contributed by atoms with van der Waals surface area (Å²) in [6.07, 6.45) is 3.97. The van der Waals surface area contributed by atoms with E-state index >= 15 is 0 Å². The van der Waals surface area contributed by atoms with Crippen molar-refractivity contribution >= 4 is 11.7 Å². The maximum Gasteiger partial charge on any atom is 0.291 e. The van der Waals surface area contributed by atoms with Crippen molar-refractivity contribution in [2.75, 3.05) is 19.6 Å². The van der Waals surface area contributed by atoms with Gasteiger partial charge in [0, 0.05) is 18.4 Å². The van der Waals surface area contributed by atoms with Crippen LogP contribution < -0.4 is 10.6 Å². The predicted octanol–water partition coefficient (Wildman–Crippen LogP) is 0.162. The Morgan fingerprint density at radius 2 is 2.50 bits per heavy atom. The molecule has 20 heavy (non-hydrogen) atoms. The Morgan fingerprint density at radius 3 is 3.25 bits per heavy atom. The molecule has 7 nitrogen and oxygen atoms in total. The standard InChI is InChI=1S/C13H18N6O/c1-9-4-6-15-13-17-11(18-19(9)13)12(20)16-8-10-3-2-5-14-7-10/h4,6,10,14H,2-3,5,7-8H2,1H3,(H,16,20). The largest absolute Gasteiger partial charge is 0.349 e. The summed E-state index contributed by atoms with van der Waals surface area (Å²) in [6.45, 7) is 4.59. The molecule has 0 radical (unpaired) electrons. The van der Waals surface area contributed by atoms with Gasteiger partial charge >= 0.3 is 0 Å². The minimum Gasteiger partial charge on any atom is -0.349 e. The fraction of sp³-hybridized carbons (Fsp3) is 0.538. The zero-order valence-electron chi connectivity index (χ0n) is 11.5. The summed E-state index contributed by atoms with van der Waals surface area (Å²) in [4.78, 5) is 20.3. The zero-order valence-corrected chi connectivity index (χ0v) is 11.5. The monoisotopic (exact) mass is 274 g/mol.